The van der Waals surface area contributed by atoms with E-state index in [1.165, 1.54) is 0 Å². The Bertz CT molecular complexity index is 398. The summed E-state index contributed by atoms with van der Waals surface area (Å²) in [6, 6.07) is 9.90. The molecule has 106 valence electrons. The summed E-state index contributed by atoms with van der Waals surface area (Å²) in [7, 11) is 0. The molecule has 0 aliphatic carbocycles. The number of benzene rings is 1. The first-order valence-electron chi connectivity index (χ1n) is 6.77. The first kappa shape index (κ1) is 14.5. The zero-order chi connectivity index (χ0) is 13.9. The molecule has 4 atom stereocenters. The number of ether oxygens (including phenoxy) is 2. The Hall–Kier alpha value is -0.940. The molecule has 1 saturated heterocycles. The van der Waals surface area contributed by atoms with Gasteiger partial charge in [-0.25, -0.2) is 0 Å². The van der Waals surface area contributed by atoms with Gasteiger partial charge in [-0.2, -0.15) is 0 Å². The average molecular weight is 265 g/mol. The highest BCUT2D eigenvalue weighted by atomic mass is 16.6. The third kappa shape index (κ3) is 2.98. The van der Waals surface area contributed by atoms with E-state index in [1.807, 2.05) is 44.2 Å². The summed E-state index contributed by atoms with van der Waals surface area (Å²) >= 11 is 0. The van der Waals surface area contributed by atoms with Crippen molar-refractivity contribution in [2.24, 2.45) is 11.7 Å². The third-order valence-electron chi connectivity index (χ3n) is 4.18. The fourth-order valence-corrected chi connectivity index (χ4v) is 2.51. The van der Waals surface area contributed by atoms with Gasteiger partial charge in [0.2, 0.25) is 0 Å². The highest BCUT2D eigenvalue weighted by molar-refractivity contribution is 5.13. The average Bonchev–Trinajstić information content (AvgIpc) is 2.45. The van der Waals surface area contributed by atoms with Gasteiger partial charge in [0.15, 0.2) is 0 Å². The van der Waals surface area contributed by atoms with Gasteiger partial charge in [0.1, 0.15) is 11.7 Å². The predicted molar refractivity (Wildman–Crippen MR) is 73.6 cm³/mol. The van der Waals surface area contributed by atoms with Crippen molar-refractivity contribution in [1.82, 2.24) is 0 Å². The SMILES string of the molecule is CC1OCC(OCc2ccccc2)[C@@](O)(CN)[C@@H]1C. The molecule has 19 heavy (non-hydrogen) atoms. The fourth-order valence-electron chi connectivity index (χ4n) is 2.51. The van der Waals surface area contributed by atoms with E-state index in [1.54, 1.807) is 0 Å². The summed E-state index contributed by atoms with van der Waals surface area (Å²) in [5, 5.41) is 10.7. The van der Waals surface area contributed by atoms with Crippen LogP contribution in [0.5, 0.6) is 0 Å². The molecule has 0 bridgehead atoms. The zero-order valence-corrected chi connectivity index (χ0v) is 11.6. The molecule has 2 rings (SSSR count). The topological polar surface area (TPSA) is 64.7 Å². The lowest BCUT2D eigenvalue weighted by atomic mass is 9.79. The van der Waals surface area contributed by atoms with E-state index < -0.39 is 5.60 Å². The smallest absolute Gasteiger partial charge is 0.111 e. The molecule has 1 aromatic carbocycles. The van der Waals surface area contributed by atoms with Gasteiger partial charge < -0.3 is 20.3 Å². The van der Waals surface area contributed by atoms with Crippen molar-refractivity contribution in [3.63, 3.8) is 0 Å². The minimum absolute atomic E-state index is 0.00914. The van der Waals surface area contributed by atoms with Crippen LogP contribution in [0, 0.1) is 5.92 Å². The van der Waals surface area contributed by atoms with Crippen LogP contribution < -0.4 is 5.73 Å². The molecule has 0 spiro atoms. The van der Waals surface area contributed by atoms with Crippen molar-refractivity contribution in [2.45, 2.75) is 38.3 Å². The van der Waals surface area contributed by atoms with Gasteiger partial charge in [0.05, 0.1) is 19.3 Å². The second-order valence-electron chi connectivity index (χ2n) is 5.31. The molecule has 0 saturated carbocycles. The lowest BCUT2D eigenvalue weighted by Gasteiger charge is -2.46. The predicted octanol–water partition coefficient (Wildman–Crippen LogP) is 1.32. The summed E-state index contributed by atoms with van der Waals surface area (Å²) in [6.07, 6.45) is -0.394. The highest BCUT2D eigenvalue weighted by Crippen LogP contribution is 2.32. The van der Waals surface area contributed by atoms with Gasteiger partial charge in [-0.1, -0.05) is 37.3 Å². The maximum Gasteiger partial charge on any atom is 0.111 e. The Labute approximate surface area is 114 Å². The van der Waals surface area contributed by atoms with Crippen molar-refractivity contribution in [3.05, 3.63) is 35.9 Å². The standard InChI is InChI=1S/C15H23NO3/c1-11-12(2)18-9-14(15(11,17)10-16)19-8-13-6-4-3-5-7-13/h3-7,11-12,14,17H,8-10,16H2,1-2H3/t11-,12?,14?,15-/m1/s1. The minimum Gasteiger partial charge on any atom is -0.385 e. The molecule has 0 radical (unpaired) electrons. The fraction of sp³-hybridized carbons (Fsp3) is 0.600. The number of hydrogen-bond donors (Lipinski definition) is 2. The molecule has 4 heteroatoms. The van der Waals surface area contributed by atoms with Crippen LogP contribution in [0.2, 0.25) is 0 Å². The maximum absolute atomic E-state index is 10.7. The molecule has 3 N–H and O–H groups in total. The molecule has 0 amide bonds. The van der Waals surface area contributed by atoms with E-state index >= 15 is 0 Å². The molecule has 1 fully saturated rings. The van der Waals surface area contributed by atoms with E-state index in [0.29, 0.717) is 13.2 Å². The summed E-state index contributed by atoms with van der Waals surface area (Å²) in [5.41, 5.74) is 5.82. The number of rotatable bonds is 4. The van der Waals surface area contributed by atoms with Crippen LogP contribution in [0.15, 0.2) is 30.3 Å². The summed E-state index contributed by atoms with van der Waals surface area (Å²) in [4.78, 5) is 0. The number of nitrogens with two attached hydrogens (primary N) is 1. The first-order chi connectivity index (χ1) is 9.08. The van der Waals surface area contributed by atoms with Gasteiger partial charge >= 0.3 is 0 Å². The van der Waals surface area contributed by atoms with E-state index in [9.17, 15) is 5.11 Å². The number of hydrogen-bond acceptors (Lipinski definition) is 4. The minimum atomic E-state index is -1.02. The lowest BCUT2D eigenvalue weighted by Crippen LogP contribution is -2.62. The van der Waals surface area contributed by atoms with Crippen molar-refractivity contribution < 1.29 is 14.6 Å². The Morgan fingerprint density at radius 3 is 2.68 bits per heavy atom. The molecule has 4 nitrogen and oxygen atoms in total. The van der Waals surface area contributed by atoms with Gasteiger partial charge in [-0.3, -0.25) is 0 Å². The van der Waals surface area contributed by atoms with Gasteiger partial charge in [0, 0.05) is 12.5 Å². The molecule has 2 unspecified atom stereocenters. The summed E-state index contributed by atoms with van der Waals surface area (Å²) in [6.45, 7) is 4.93. The van der Waals surface area contributed by atoms with Crippen molar-refractivity contribution in [2.75, 3.05) is 13.2 Å². The number of aliphatic hydroxyl groups is 1. The molecule has 1 aliphatic rings. The second-order valence-corrected chi connectivity index (χ2v) is 5.31. The lowest BCUT2D eigenvalue weighted by molar-refractivity contribution is -0.223. The van der Waals surface area contributed by atoms with Crippen LogP contribution >= 0.6 is 0 Å². The van der Waals surface area contributed by atoms with E-state index in [-0.39, 0.29) is 24.7 Å². The van der Waals surface area contributed by atoms with Crippen LogP contribution in [0.1, 0.15) is 19.4 Å². The molecule has 1 aromatic rings. The quantitative estimate of drug-likeness (QED) is 0.861. The maximum atomic E-state index is 10.7. The van der Waals surface area contributed by atoms with Crippen LogP contribution in [0.3, 0.4) is 0 Å². The van der Waals surface area contributed by atoms with Crippen molar-refractivity contribution in [1.29, 1.82) is 0 Å². The highest BCUT2D eigenvalue weighted by Gasteiger charge is 2.47. The normalized spacial score (nSPS) is 35.3. The summed E-state index contributed by atoms with van der Waals surface area (Å²) in [5.74, 6) is -0.0491. The van der Waals surface area contributed by atoms with Crippen LogP contribution in [0.4, 0.5) is 0 Å². The van der Waals surface area contributed by atoms with Gasteiger partial charge in [0.25, 0.3) is 0 Å². The Morgan fingerprint density at radius 2 is 2.05 bits per heavy atom. The van der Waals surface area contributed by atoms with Crippen LogP contribution in [0.25, 0.3) is 0 Å². The Kier molecular flexibility index (Phi) is 4.58. The van der Waals surface area contributed by atoms with Crippen molar-refractivity contribution >= 4 is 0 Å². The molecule has 0 aromatic heterocycles. The Morgan fingerprint density at radius 1 is 1.37 bits per heavy atom. The van der Waals surface area contributed by atoms with E-state index in [2.05, 4.69) is 0 Å². The summed E-state index contributed by atoms with van der Waals surface area (Å²) < 4.78 is 11.5. The van der Waals surface area contributed by atoms with Crippen molar-refractivity contribution in [3.8, 4) is 0 Å². The molecular formula is C15H23NO3. The van der Waals surface area contributed by atoms with Gasteiger partial charge in [-0.15, -0.1) is 0 Å². The largest absolute Gasteiger partial charge is 0.385 e. The van der Waals surface area contributed by atoms with E-state index in [0.717, 1.165) is 5.56 Å². The molecule has 1 heterocycles. The first-order valence-corrected chi connectivity index (χ1v) is 6.77. The van der Waals surface area contributed by atoms with Crippen LogP contribution in [-0.2, 0) is 16.1 Å². The van der Waals surface area contributed by atoms with E-state index in [4.69, 9.17) is 15.2 Å². The second kappa shape index (κ2) is 6.01. The molecule has 1 aliphatic heterocycles. The molecular weight excluding hydrogens is 242 g/mol. The zero-order valence-electron chi connectivity index (χ0n) is 11.6. The monoisotopic (exact) mass is 265 g/mol. The third-order valence-corrected chi connectivity index (χ3v) is 4.18. The Balaban J connectivity index is 2.02. The van der Waals surface area contributed by atoms with Gasteiger partial charge in [-0.05, 0) is 12.5 Å². The van der Waals surface area contributed by atoms with Crippen LogP contribution in [-0.4, -0.2) is 36.1 Å².